The van der Waals surface area contributed by atoms with Crippen molar-refractivity contribution in [3.63, 3.8) is 0 Å². The van der Waals surface area contributed by atoms with Crippen LogP contribution in [0.1, 0.15) is 49.1 Å². The van der Waals surface area contributed by atoms with E-state index in [4.69, 9.17) is 0 Å². The third-order valence-electron chi connectivity index (χ3n) is 4.26. The molecule has 1 atom stereocenters. The van der Waals surface area contributed by atoms with Crippen LogP contribution in [0.15, 0.2) is 35.4 Å². The first kappa shape index (κ1) is 20.0. The fourth-order valence-electron chi connectivity index (χ4n) is 2.43. The van der Waals surface area contributed by atoms with Crippen LogP contribution in [-0.4, -0.2) is 16.1 Å². The topological polar surface area (TPSA) is 65.8 Å². The number of aromatic nitrogens is 1. The molecule has 0 aliphatic heterocycles. The van der Waals surface area contributed by atoms with E-state index in [1.807, 2.05) is 45.0 Å². The van der Waals surface area contributed by atoms with E-state index < -0.39 is 0 Å². The summed E-state index contributed by atoms with van der Waals surface area (Å²) in [6.45, 7) is 8.04. The largest absolute Gasteiger partial charge is 0.325 e. The minimum Gasteiger partial charge on any atom is -0.325 e. The highest BCUT2D eigenvalue weighted by molar-refractivity contribution is 8.00. The maximum Gasteiger partial charge on any atom is 0.237 e. The SMILES string of the molecule is CCCCc1ccc(C#N)c(SC(C)C(=O)Nc2ccc(C)c(C)c2)n1. The molecule has 2 rings (SSSR count). The van der Waals surface area contributed by atoms with Crippen molar-refractivity contribution < 1.29 is 4.79 Å². The van der Waals surface area contributed by atoms with Crippen molar-refractivity contribution in [2.24, 2.45) is 0 Å². The van der Waals surface area contributed by atoms with Crippen LogP contribution in [0.25, 0.3) is 0 Å². The number of rotatable bonds is 7. The highest BCUT2D eigenvalue weighted by atomic mass is 32.2. The molecular formula is C21H25N3OS. The van der Waals surface area contributed by atoms with Crippen molar-refractivity contribution >= 4 is 23.4 Å². The smallest absolute Gasteiger partial charge is 0.237 e. The molecule has 0 spiro atoms. The lowest BCUT2D eigenvalue weighted by Crippen LogP contribution is -2.22. The summed E-state index contributed by atoms with van der Waals surface area (Å²) in [5, 5.41) is 12.5. The summed E-state index contributed by atoms with van der Waals surface area (Å²) in [5.74, 6) is -0.0945. The Morgan fingerprint density at radius 3 is 2.69 bits per heavy atom. The molecule has 1 aromatic heterocycles. The first-order chi connectivity index (χ1) is 12.4. The van der Waals surface area contributed by atoms with Gasteiger partial charge in [-0.1, -0.05) is 31.2 Å². The number of benzene rings is 1. The molecule has 0 saturated carbocycles. The number of hydrogen-bond donors (Lipinski definition) is 1. The summed E-state index contributed by atoms with van der Waals surface area (Å²) in [4.78, 5) is 17.1. The summed E-state index contributed by atoms with van der Waals surface area (Å²) in [6.07, 6.45) is 3.05. The molecule has 1 amide bonds. The number of aryl methyl sites for hydroxylation is 3. The molecule has 4 nitrogen and oxygen atoms in total. The number of amides is 1. The van der Waals surface area contributed by atoms with Crippen LogP contribution in [0, 0.1) is 25.2 Å². The molecule has 0 aliphatic carbocycles. The summed E-state index contributed by atoms with van der Waals surface area (Å²) in [6, 6.07) is 11.7. The van der Waals surface area contributed by atoms with Gasteiger partial charge in [-0.05, 0) is 69.0 Å². The van der Waals surface area contributed by atoms with Gasteiger partial charge in [0.25, 0.3) is 0 Å². The van der Waals surface area contributed by atoms with Gasteiger partial charge in [-0.25, -0.2) is 4.98 Å². The molecule has 136 valence electrons. The van der Waals surface area contributed by atoms with E-state index in [9.17, 15) is 10.1 Å². The van der Waals surface area contributed by atoms with Crippen LogP contribution < -0.4 is 5.32 Å². The zero-order valence-corrected chi connectivity index (χ0v) is 16.6. The molecule has 1 heterocycles. The maximum atomic E-state index is 12.5. The molecule has 1 unspecified atom stereocenters. The molecule has 0 fully saturated rings. The summed E-state index contributed by atoms with van der Waals surface area (Å²) in [7, 11) is 0. The highest BCUT2D eigenvalue weighted by Gasteiger charge is 2.18. The Hall–Kier alpha value is -2.32. The number of nitrogens with zero attached hydrogens (tertiary/aromatic N) is 2. The predicted molar refractivity (Wildman–Crippen MR) is 107 cm³/mol. The molecule has 26 heavy (non-hydrogen) atoms. The normalized spacial score (nSPS) is 11.7. The van der Waals surface area contributed by atoms with Gasteiger partial charge in [0.1, 0.15) is 11.1 Å². The van der Waals surface area contributed by atoms with E-state index in [1.54, 1.807) is 6.07 Å². The number of hydrogen-bond acceptors (Lipinski definition) is 4. The van der Waals surface area contributed by atoms with Crippen LogP contribution in [0.4, 0.5) is 5.69 Å². The molecule has 0 saturated heterocycles. The average Bonchev–Trinajstić information content (AvgIpc) is 2.63. The van der Waals surface area contributed by atoms with Crippen LogP contribution >= 0.6 is 11.8 Å². The molecule has 2 aromatic rings. The molecule has 1 aromatic carbocycles. The van der Waals surface area contributed by atoms with Gasteiger partial charge < -0.3 is 5.32 Å². The van der Waals surface area contributed by atoms with Crippen LogP contribution in [-0.2, 0) is 11.2 Å². The number of pyridine rings is 1. The average molecular weight is 368 g/mol. The third-order valence-corrected chi connectivity index (χ3v) is 5.36. The van der Waals surface area contributed by atoms with Gasteiger partial charge in [-0.2, -0.15) is 5.26 Å². The van der Waals surface area contributed by atoms with Gasteiger partial charge in [-0.3, -0.25) is 4.79 Å². The number of nitriles is 1. The predicted octanol–water partition coefficient (Wildman–Crippen LogP) is 5.03. The lowest BCUT2D eigenvalue weighted by molar-refractivity contribution is -0.115. The maximum absolute atomic E-state index is 12.5. The van der Waals surface area contributed by atoms with Crippen molar-refractivity contribution in [3.8, 4) is 6.07 Å². The van der Waals surface area contributed by atoms with E-state index >= 15 is 0 Å². The first-order valence-electron chi connectivity index (χ1n) is 8.89. The number of anilines is 1. The van der Waals surface area contributed by atoms with Gasteiger partial charge in [-0.15, -0.1) is 0 Å². The Kier molecular flexibility index (Phi) is 7.23. The fraction of sp³-hybridized carbons (Fsp3) is 0.381. The second-order valence-corrected chi connectivity index (χ2v) is 7.75. The second-order valence-electron chi connectivity index (χ2n) is 6.42. The van der Waals surface area contributed by atoms with E-state index in [-0.39, 0.29) is 11.2 Å². The lowest BCUT2D eigenvalue weighted by Gasteiger charge is -2.14. The monoisotopic (exact) mass is 367 g/mol. The van der Waals surface area contributed by atoms with Crippen LogP contribution in [0.3, 0.4) is 0 Å². The Morgan fingerprint density at radius 1 is 1.27 bits per heavy atom. The highest BCUT2D eigenvalue weighted by Crippen LogP contribution is 2.26. The van der Waals surface area contributed by atoms with Crippen LogP contribution in [0.5, 0.6) is 0 Å². The summed E-state index contributed by atoms with van der Waals surface area (Å²) >= 11 is 1.33. The summed E-state index contributed by atoms with van der Waals surface area (Å²) < 4.78 is 0. The van der Waals surface area contributed by atoms with Gasteiger partial charge in [0.05, 0.1) is 10.8 Å². The van der Waals surface area contributed by atoms with Crippen molar-refractivity contribution in [2.75, 3.05) is 5.32 Å². The minimum absolute atomic E-state index is 0.0945. The number of carbonyl (C=O) groups is 1. The third kappa shape index (κ3) is 5.34. The molecular weight excluding hydrogens is 342 g/mol. The number of nitrogens with one attached hydrogen (secondary N) is 1. The molecule has 0 bridgehead atoms. The molecule has 1 N–H and O–H groups in total. The molecule has 5 heteroatoms. The standard InChI is InChI=1S/C21H25N3OS/c1-5-6-7-18-11-9-17(13-22)21(24-18)26-16(4)20(25)23-19-10-8-14(2)15(3)12-19/h8-12,16H,5-7H2,1-4H3,(H,23,25). The Balaban J connectivity index is 2.09. The Morgan fingerprint density at radius 2 is 2.04 bits per heavy atom. The second kappa shape index (κ2) is 9.40. The first-order valence-corrected chi connectivity index (χ1v) is 9.77. The van der Waals surface area contributed by atoms with Crippen molar-refractivity contribution in [1.29, 1.82) is 5.26 Å². The summed E-state index contributed by atoms with van der Waals surface area (Å²) in [5.41, 5.74) is 4.60. The molecule has 0 radical (unpaired) electrons. The number of thioether (sulfide) groups is 1. The molecule has 0 aliphatic rings. The lowest BCUT2D eigenvalue weighted by atomic mass is 10.1. The van der Waals surface area contributed by atoms with E-state index in [0.29, 0.717) is 10.6 Å². The fourth-order valence-corrected chi connectivity index (χ4v) is 3.35. The zero-order valence-electron chi connectivity index (χ0n) is 15.8. The van der Waals surface area contributed by atoms with Crippen molar-refractivity contribution in [3.05, 3.63) is 52.7 Å². The van der Waals surface area contributed by atoms with Crippen molar-refractivity contribution in [2.45, 2.75) is 57.2 Å². The van der Waals surface area contributed by atoms with Gasteiger partial charge in [0.15, 0.2) is 0 Å². The van der Waals surface area contributed by atoms with Crippen LogP contribution in [0.2, 0.25) is 0 Å². The quantitative estimate of drug-likeness (QED) is 0.697. The Labute approximate surface area is 160 Å². The van der Waals surface area contributed by atoms with E-state index in [1.165, 1.54) is 17.3 Å². The number of unbranched alkanes of at least 4 members (excludes halogenated alkanes) is 1. The van der Waals surface area contributed by atoms with Crippen molar-refractivity contribution in [1.82, 2.24) is 4.98 Å². The van der Waals surface area contributed by atoms with Gasteiger partial charge in [0.2, 0.25) is 5.91 Å². The zero-order chi connectivity index (χ0) is 19.1. The minimum atomic E-state index is -0.349. The number of carbonyl (C=O) groups excluding carboxylic acids is 1. The van der Waals surface area contributed by atoms with Gasteiger partial charge in [0, 0.05) is 11.4 Å². The van der Waals surface area contributed by atoms with E-state index in [0.717, 1.165) is 36.2 Å². The van der Waals surface area contributed by atoms with Gasteiger partial charge >= 0.3 is 0 Å². The Bertz CT molecular complexity index is 826. The van der Waals surface area contributed by atoms with E-state index in [2.05, 4.69) is 23.3 Å².